The number of aromatic carboxylic acids is 1. The minimum absolute atomic E-state index is 0.170. The van der Waals surface area contributed by atoms with Gasteiger partial charge in [0.1, 0.15) is 4.88 Å². The molecule has 0 atom stereocenters. The molecular weight excluding hydrogens is 254 g/mol. The van der Waals surface area contributed by atoms with Crippen LogP contribution in [0.2, 0.25) is 0 Å². The van der Waals surface area contributed by atoms with Crippen LogP contribution in [-0.4, -0.2) is 36.2 Å². The Bertz CT molecular complexity index is 414. The van der Waals surface area contributed by atoms with Gasteiger partial charge in [-0.2, -0.15) is 0 Å². The Kier molecular flexibility index (Phi) is 5.80. The monoisotopic (exact) mass is 271 g/mol. The molecule has 6 heteroatoms. The third-order valence-corrected chi connectivity index (χ3v) is 3.17. The van der Waals surface area contributed by atoms with Crippen LogP contribution in [0, 0.1) is 0 Å². The van der Waals surface area contributed by atoms with E-state index in [1.54, 1.807) is 0 Å². The topological polar surface area (TPSA) is 75.6 Å². The number of thiophene rings is 1. The standard InChI is InChI=1S/C12H17NO4S/c1-8(2)17-7-3-6-13-11(14)9-4-5-10(18-9)12(15)16/h4-5,8H,3,6-7H2,1-2H3,(H,13,14)(H,15,16). The molecule has 1 aromatic heterocycles. The van der Waals surface area contributed by atoms with Gasteiger partial charge in [0, 0.05) is 13.2 Å². The van der Waals surface area contributed by atoms with Gasteiger partial charge in [0.25, 0.3) is 5.91 Å². The Hall–Kier alpha value is -1.40. The van der Waals surface area contributed by atoms with Crippen LogP contribution < -0.4 is 5.32 Å². The molecule has 1 rings (SSSR count). The van der Waals surface area contributed by atoms with Crippen LogP contribution in [0.4, 0.5) is 0 Å². The summed E-state index contributed by atoms with van der Waals surface area (Å²) >= 11 is 0.975. The van der Waals surface area contributed by atoms with Gasteiger partial charge in [-0.25, -0.2) is 4.79 Å². The van der Waals surface area contributed by atoms with Crippen LogP contribution in [0.3, 0.4) is 0 Å². The van der Waals surface area contributed by atoms with Crippen molar-refractivity contribution < 1.29 is 19.4 Å². The molecule has 5 nitrogen and oxygen atoms in total. The summed E-state index contributed by atoms with van der Waals surface area (Å²) in [5.74, 6) is -1.25. The number of rotatable bonds is 7. The quantitative estimate of drug-likeness (QED) is 0.744. The highest BCUT2D eigenvalue weighted by Gasteiger charge is 2.12. The number of hydrogen-bond donors (Lipinski definition) is 2. The minimum Gasteiger partial charge on any atom is -0.477 e. The summed E-state index contributed by atoms with van der Waals surface area (Å²) in [6.45, 7) is 5.03. The van der Waals surface area contributed by atoms with E-state index >= 15 is 0 Å². The number of carbonyl (C=O) groups is 2. The second-order valence-electron chi connectivity index (χ2n) is 4.00. The molecule has 1 heterocycles. The number of nitrogens with one attached hydrogen (secondary N) is 1. The van der Waals surface area contributed by atoms with E-state index in [1.165, 1.54) is 12.1 Å². The molecule has 18 heavy (non-hydrogen) atoms. The lowest BCUT2D eigenvalue weighted by Gasteiger charge is -2.07. The molecule has 0 bridgehead atoms. The number of amides is 1. The van der Waals surface area contributed by atoms with Crippen molar-refractivity contribution in [1.29, 1.82) is 0 Å². The molecule has 0 radical (unpaired) electrons. The summed E-state index contributed by atoms with van der Waals surface area (Å²) in [4.78, 5) is 22.9. The van der Waals surface area contributed by atoms with Gasteiger partial charge in [-0.15, -0.1) is 11.3 Å². The molecule has 0 saturated carbocycles. The van der Waals surface area contributed by atoms with Gasteiger partial charge in [-0.1, -0.05) is 0 Å². The lowest BCUT2D eigenvalue weighted by Crippen LogP contribution is -2.24. The summed E-state index contributed by atoms with van der Waals surface area (Å²) in [6.07, 6.45) is 0.928. The molecule has 1 amide bonds. The van der Waals surface area contributed by atoms with Crippen molar-refractivity contribution in [3.63, 3.8) is 0 Å². The predicted molar refractivity (Wildman–Crippen MR) is 69.3 cm³/mol. The van der Waals surface area contributed by atoms with Gasteiger partial charge in [0.2, 0.25) is 0 Å². The summed E-state index contributed by atoms with van der Waals surface area (Å²) in [6, 6.07) is 2.96. The van der Waals surface area contributed by atoms with Crippen molar-refractivity contribution in [3.05, 3.63) is 21.9 Å². The summed E-state index contributed by atoms with van der Waals surface area (Å²) in [7, 11) is 0. The van der Waals surface area contributed by atoms with Crippen molar-refractivity contribution in [3.8, 4) is 0 Å². The fraction of sp³-hybridized carbons (Fsp3) is 0.500. The number of carbonyl (C=O) groups excluding carboxylic acids is 1. The molecular formula is C12H17NO4S. The first-order valence-electron chi connectivity index (χ1n) is 5.73. The zero-order valence-corrected chi connectivity index (χ0v) is 11.3. The van der Waals surface area contributed by atoms with Crippen molar-refractivity contribution in [1.82, 2.24) is 5.32 Å². The second-order valence-corrected chi connectivity index (χ2v) is 5.08. The van der Waals surface area contributed by atoms with Crippen LogP contribution >= 0.6 is 11.3 Å². The molecule has 0 aliphatic rings. The first-order chi connectivity index (χ1) is 8.50. The normalized spacial score (nSPS) is 10.6. The van der Waals surface area contributed by atoms with Gasteiger partial charge in [-0.3, -0.25) is 4.79 Å². The number of carboxylic acid groups (broad SMARTS) is 1. The van der Waals surface area contributed by atoms with E-state index in [-0.39, 0.29) is 16.9 Å². The van der Waals surface area contributed by atoms with Gasteiger partial charge >= 0.3 is 5.97 Å². The maximum atomic E-state index is 11.6. The first-order valence-corrected chi connectivity index (χ1v) is 6.55. The van der Waals surface area contributed by atoms with Crippen LogP contribution in [-0.2, 0) is 4.74 Å². The Morgan fingerprint density at radius 2 is 2.06 bits per heavy atom. The van der Waals surface area contributed by atoms with E-state index in [4.69, 9.17) is 9.84 Å². The van der Waals surface area contributed by atoms with Gasteiger partial charge < -0.3 is 15.2 Å². The third-order valence-electron chi connectivity index (χ3n) is 2.10. The highest BCUT2D eigenvalue weighted by Crippen LogP contribution is 2.16. The molecule has 100 valence electrons. The highest BCUT2D eigenvalue weighted by molar-refractivity contribution is 7.15. The fourth-order valence-corrected chi connectivity index (χ4v) is 2.02. The number of ether oxygens (including phenoxy) is 1. The van der Waals surface area contributed by atoms with Gasteiger partial charge in [0.15, 0.2) is 0 Å². The highest BCUT2D eigenvalue weighted by atomic mass is 32.1. The molecule has 2 N–H and O–H groups in total. The van der Waals surface area contributed by atoms with Crippen LogP contribution in [0.1, 0.15) is 39.6 Å². The zero-order chi connectivity index (χ0) is 13.5. The van der Waals surface area contributed by atoms with Crippen LogP contribution in [0.15, 0.2) is 12.1 Å². The van der Waals surface area contributed by atoms with E-state index in [1.807, 2.05) is 13.8 Å². The Morgan fingerprint density at radius 1 is 1.39 bits per heavy atom. The number of hydrogen-bond acceptors (Lipinski definition) is 4. The Labute approximate surface area is 110 Å². The summed E-state index contributed by atoms with van der Waals surface area (Å²) in [5.41, 5.74) is 0. The SMILES string of the molecule is CC(C)OCCCNC(=O)c1ccc(C(=O)O)s1. The fourth-order valence-electron chi connectivity index (χ4n) is 1.26. The maximum absolute atomic E-state index is 11.6. The van der Waals surface area contributed by atoms with Gasteiger partial charge in [-0.05, 0) is 32.4 Å². The molecule has 0 spiro atoms. The average Bonchev–Trinajstić information content (AvgIpc) is 2.77. The molecule has 0 aliphatic heterocycles. The van der Waals surface area contributed by atoms with E-state index < -0.39 is 5.97 Å². The van der Waals surface area contributed by atoms with Crippen molar-refractivity contribution in [2.24, 2.45) is 0 Å². The lowest BCUT2D eigenvalue weighted by molar-refractivity contribution is 0.0701. The Morgan fingerprint density at radius 3 is 2.61 bits per heavy atom. The molecule has 0 aromatic carbocycles. The van der Waals surface area contributed by atoms with Crippen molar-refractivity contribution in [2.75, 3.05) is 13.2 Å². The van der Waals surface area contributed by atoms with E-state index in [0.717, 1.165) is 17.8 Å². The summed E-state index contributed by atoms with van der Waals surface area (Å²) in [5, 5.41) is 11.5. The van der Waals surface area contributed by atoms with Crippen LogP contribution in [0.5, 0.6) is 0 Å². The molecule has 1 aromatic rings. The molecule has 0 unspecified atom stereocenters. The lowest BCUT2D eigenvalue weighted by atomic mass is 10.4. The largest absolute Gasteiger partial charge is 0.477 e. The maximum Gasteiger partial charge on any atom is 0.345 e. The first kappa shape index (κ1) is 14.7. The van der Waals surface area contributed by atoms with E-state index in [0.29, 0.717) is 18.0 Å². The number of carboxylic acids is 1. The molecule has 0 aliphatic carbocycles. The molecule has 0 fully saturated rings. The average molecular weight is 271 g/mol. The Balaban J connectivity index is 2.30. The van der Waals surface area contributed by atoms with Crippen molar-refractivity contribution in [2.45, 2.75) is 26.4 Å². The second kappa shape index (κ2) is 7.13. The minimum atomic E-state index is -1.01. The molecule has 0 saturated heterocycles. The zero-order valence-electron chi connectivity index (χ0n) is 10.4. The summed E-state index contributed by atoms with van der Waals surface area (Å²) < 4.78 is 5.34. The van der Waals surface area contributed by atoms with Crippen molar-refractivity contribution >= 4 is 23.2 Å². The predicted octanol–water partition coefficient (Wildman–Crippen LogP) is 1.99. The third kappa shape index (κ3) is 4.85. The smallest absolute Gasteiger partial charge is 0.345 e. The van der Waals surface area contributed by atoms with E-state index in [2.05, 4.69) is 5.32 Å². The van der Waals surface area contributed by atoms with Crippen LogP contribution in [0.25, 0.3) is 0 Å². The van der Waals surface area contributed by atoms with E-state index in [9.17, 15) is 9.59 Å². The van der Waals surface area contributed by atoms with Gasteiger partial charge in [0.05, 0.1) is 11.0 Å².